The van der Waals surface area contributed by atoms with Gasteiger partial charge in [0.15, 0.2) is 0 Å². The Morgan fingerprint density at radius 3 is 2.44 bits per heavy atom. The zero-order chi connectivity index (χ0) is 13.3. The van der Waals surface area contributed by atoms with Crippen LogP contribution < -0.4 is 0 Å². The van der Waals surface area contributed by atoms with E-state index in [0.717, 1.165) is 12.8 Å². The van der Waals surface area contributed by atoms with Crippen molar-refractivity contribution in [3.8, 4) is 0 Å². The van der Waals surface area contributed by atoms with Gasteiger partial charge in [0.05, 0.1) is 5.71 Å². The SMILES string of the molecule is C[C@@H]1CC[C@H]2C(C)(C)[C@H]3C[C@@]12C/C(=N/O)[C@]3(C)O. The fourth-order valence-corrected chi connectivity index (χ4v) is 5.80. The van der Waals surface area contributed by atoms with Gasteiger partial charge in [0.2, 0.25) is 0 Å². The Balaban J connectivity index is 2.15. The Labute approximate surface area is 109 Å². The van der Waals surface area contributed by atoms with Crippen molar-refractivity contribution in [1.82, 2.24) is 0 Å². The molecule has 3 heteroatoms. The number of hydrogen-bond acceptors (Lipinski definition) is 3. The van der Waals surface area contributed by atoms with Crippen molar-refractivity contribution in [2.24, 2.45) is 33.7 Å². The first-order valence-electron chi connectivity index (χ1n) is 7.20. The molecule has 0 unspecified atom stereocenters. The molecule has 3 aliphatic carbocycles. The van der Waals surface area contributed by atoms with Crippen LogP contribution in [0.1, 0.15) is 53.4 Å². The highest BCUT2D eigenvalue weighted by Gasteiger charge is 2.69. The molecule has 0 saturated heterocycles. The summed E-state index contributed by atoms with van der Waals surface area (Å²) in [5.74, 6) is 1.56. The third kappa shape index (κ3) is 1.17. The molecule has 2 bridgehead atoms. The van der Waals surface area contributed by atoms with Crippen LogP contribution in [0.2, 0.25) is 0 Å². The molecule has 102 valence electrons. The molecule has 0 aromatic heterocycles. The van der Waals surface area contributed by atoms with E-state index in [1.54, 1.807) is 0 Å². The van der Waals surface area contributed by atoms with E-state index >= 15 is 0 Å². The van der Waals surface area contributed by atoms with Crippen molar-refractivity contribution in [2.45, 2.75) is 59.0 Å². The van der Waals surface area contributed by atoms with Gasteiger partial charge in [-0.1, -0.05) is 25.9 Å². The van der Waals surface area contributed by atoms with Gasteiger partial charge in [-0.3, -0.25) is 0 Å². The fraction of sp³-hybridized carbons (Fsp3) is 0.933. The summed E-state index contributed by atoms with van der Waals surface area (Å²) in [6, 6.07) is 0. The van der Waals surface area contributed by atoms with Gasteiger partial charge in [-0.2, -0.15) is 0 Å². The number of hydrogen-bond donors (Lipinski definition) is 2. The standard InChI is InChI=1S/C15H25NO2/c1-9-5-6-10-13(2,3)11-7-15(9,10)8-12(16-18)14(11,4)17/h9-11,17-18H,5-8H2,1-4H3/b16-12-/t9-,10+,11-,14-,15-/m1/s1. The molecular weight excluding hydrogens is 226 g/mol. The third-order valence-corrected chi connectivity index (χ3v) is 6.82. The quantitative estimate of drug-likeness (QED) is 0.513. The lowest BCUT2D eigenvalue weighted by molar-refractivity contribution is -0.00313. The minimum absolute atomic E-state index is 0.140. The topological polar surface area (TPSA) is 52.8 Å². The van der Waals surface area contributed by atoms with Crippen molar-refractivity contribution in [3.63, 3.8) is 0 Å². The van der Waals surface area contributed by atoms with Crippen LogP contribution in [-0.2, 0) is 0 Å². The first kappa shape index (κ1) is 12.5. The van der Waals surface area contributed by atoms with E-state index < -0.39 is 5.60 Å². The molecule has 5 atom stereocenters. The molecule has 1 spiro atoms. The molecular formula is C15H25NO2. The number of aliphatic hydroxyl groups is 1. The zero-order valence-electron chi connectivity index (χ0n) is 11.9. The van der Waals surface area contributed by atoms with Gasteiger partial charge in [0.25, 0.3) is 0 Å². The van der Waals surface area contributed by atoms with Gasteiger partial charge >= 0.3 is 0 Å². The Morgan fingerprint density at radius 2 is 1.83 bits per heavy atom. The second-order valence-electron chi connectivity index (χ2n) is 7.71. The van der Waals surface area contributed by atoms with Crippen LogP contribution >= 0.6 is 0 Å². The normalized spacial score (nSPS) is 55.8. The zero-order valence-corrected chi connectivity index (χ0v) is 11.9. The minimum atomic E-state index is -0.937. The van der Waals surface area contributed by atoms with E-state index in [0.29, 0.717) is 17.5 Å². The van der Waals surface area contributed by atoms with Gasteiger partial charge < -0.3 is 10.3 Å². The van der Waals surface area contributed by atoms with E-state index in [1.165, 1.54) is 12.8 Å². The lowest BCUT2D eigenvalue weighted by Crippen LogP contribution is -2.51. The Morgan fingerprint density at radius 1 is 1.17 bits per heavy atom. The summed E-state index contributed by atoms with van der Waals surface area (Å²) in [6.07, 6.45) is 4.42. The summed E-state index contributed by atoms with van der Waals surface area (Å²) in [5, 5.41) is 23.6. The fourth-order valence-electron chi connectivity index (χ4n) is 5.80. The summed E-state index contributed by atoms with van der Waals surface area (Å²) in [5.41, 5.74) is 0.0924. The molecule has 0 aromatic rings. The molecule has 18 heavy (non-hydrogen) atoms. The van der Waals surface area contributed by atoms with Crippen molar-refractivity contribution in [2.75, 3.05) is 0 Å². The van der Waals surface area contributed by atoms with Gasteiger partial charge in [-0.05, 0) is 61.2 Å². The van der Waals surface area contributed by atoms with E-state index in [2.05, 4.69) is 25.9 Å². The van der Waals surface area contributed by atoms with Crippen molar-refractivity contribution >= 4 is 5.71 Å². The van der Waals surface area contributed by atoms with Crippen LogP contribution in [0.4, 0.5) is 0 Å². The smallest absolute Gasteiger partial charge is 0.106 e. The summed E-state index contributed by atoms with van der Waals surface area (Å²) in [4.78, 5) is 0. The molecule has 2 N–H and O–H groups in total. The second-order valence-corrected chi connectivity index (χ2v) is 7.71. The lowest BCUT2D eigenvalue weighted by atomic mass is 9.63. The molecule has 3 aliphatic rings. The van der Waals surface area contributed by atoms with Gasteiger partial charge in [0.1, 0.15) is 5.60 Å². The Hall–Kier alpha value is -0.570. The van der Waals surface area contributed by atoms with Crippen LogP contribution in [0.25, 0.3) is 0 Å². The van der Waals surface area contributed by atoms with Crippen molar-refractivity contribution < 1.29 is 10.3 Å². The second kappa shape index (κ2) is 3.30. The monoisotopic (exact) mass is 251 g/mol. The highest BCUT2D eigenvalue weighted by Crippen LogP contribution is 2.72. The van der Waals surface area contributed by atoms with Crippen LogP contribution in [0.3, 0.4) is 0 Å². The number of fused-ring (bicyclic) bond motifs is 1. The predicted octanol–water partition coefficient (Wildman–Crippen LogP) is 3.05. The van der Waals surface area contributed by atoms with E-state index in [9.17, 15) is 10.3 Å². The minimum Gasteiger partial charge on any atom is -0.411 e. The maximum Gasteiger partial charge on any atom is 0.106 e. The molecule has 3 fully saturated rings. The maximum atomic E-state index is 10.8. The maximum absolute atomic E-state index is 10.8. The third-order valence-electron chi connectivity index (χ3n) is 6.82. The molecule has 0 aromatic carbocycles. The molecule has 3 rings (SSSR count). The average molecular weight is 251 g/mol. The van der Waals surface area contributed by atoms with E-state index in [1.807, 2.05) is 6.92 Å². The first-order chi connectivity index (χ1) is 8.26. The van der Waals surface area contributed by atoms with Crippen LogP contribution in [0.15, 0.2) is 5.16 Å². The first-order valence-corrected chi connectivity index (χ1v) is 7.20. The largest absolute Gasteiger partial charge is 0.411 e. The highest BCUT2D eigenvalue weighted by atomic mass is 16.4. The molecule has 0 aliphatic heterocycles. The van der Waals surface area contributed by atoms with Gasteiger partial charge in [0, 0.05) is 0 Å². The molecule has 0 amide bonds. The number of oxime groups is 1. The molecule has 0 radical (unpaired) electrons. The average Bonchev–Trinajstić information content (AvgIpc) is 2.69. The van der Waals surface area contributed by atoms with Crippen molar-refractivity contribution in [3.05, 3.63) is 0 Å². The number of rotatable bonds is 0. The summed E-state index contributed by atoms with van der Waals surface area (Å²) >= 11 is 0. The van der Waals surface area contributed by atoms with E-state index in [4.69, 9.17) is 0 Å². The van der Waals surface area contributed by atoms with E-state index in [-0.39, 0.29) is 16.7 Å². The van der Waals surface area contributed by atoms with Gasteiger partial charge in [-0.15, -0.1) is 0 Å². The van der Waals surface area contributed by atoms with Crippen LogP contribution in [-0.4, -0.2) is 21.6 Å². The molecule has 3 nitrogen and oxygen atoms in total. The molecule has 0 heterocycles. The van der Waals surface area contributed by atoms with Gasteiger partial charge in [-0.25, -0.2) is 0 Å². The predicted molar refractivity (Wildman–Crippen MR) is 70.7 cm³/mol. The summed E-state index contributed by atoms with van der Waals surface area (Å²) in [7, 11) is 0. The Bertz CT molecular complexity index is 413. The van der Waals surface area contributed by atoms with Crippen LogP contribution in [0.5, 0.6) is 0 Å². The highest BCUT2D eigenvalue weighted by molar-refractivity contribution is 5.94. The Kier molecular flexibility index (Phi) is 2.28. The lowest BCUT2D eigenvalue weighted by Gasteiger charge is -2.44. The summed E-state index contributed by atoms with van der Waals surface area (Å²) < 4.78 is 0. The summed E-state index contributed by atoms with van der Waals surface area (Å²) in [6.45, 7) is 8.79. The molecule has 3 saturated carbocycles. The number of nitrogens with zero attached hydrogens (tertiary/aromatic N) is 1. The van der Waals surface area contributed by atoms with Crippen LogP contribution in [0, 0.1) is 28.6 Å². The van der Waals surface area contributed by atoms with Crippen molar-refractivity contribution in [1.29, 1.82) is 0 Å².